The number of nitrogens with two attached hydrogens (primary N) is 1. The SMILES string of the molecule is Nc1nc(Oc2cc(Cl)cc(Cl)c2)c(F)cc1F. The van der Waals surface area contributed by atoms with Crippen LogP contribution in [0.25, 0.3) is 0 Å². The van der Waals surface area contributed by atoms with Crippen LogP contribution in [0.3, 0.4) is 0 Å². The number of benzene rings is 1. The third-order valence-electron chi connectivity index (χ3n) is 1.98. The third kappa shape index (κ3) is 2.80. The molecular formula is C11H6Cl2F2N2O. The van der Waals surface area contributed by atoms with Gasteiger partial charge in [-0.3, -0.25) is 0 Å². The monoisotopic (exact) mass is 290 g/mol. The lowest BCUT2D eigenvalue weighted by Crippen LogP contribution is -2.00. The predicted molar refractivity (Wildman–Crippen MR) is 65.1 cm³/mol. The van der Waals surface area contributed by atoms with Crippen LogP contribution in [0.15, 0.2) is 24.3 Å². The van der Waals surface area contributed by atoms with Gasteiger partial charge in [0.05, 0.1) is 0 Å². The Bertz CT molecular complexity index is 588. The van der Waals surface area contributed by atoms with E-state index in [2.05, 4.69) is 4.98 Å². The summed E-state index contributed by atoms with van der Waals surface area (Å²) in [5.74, 6) is -2.67. The van der Waals surface area contributed by atoms with Gasteiger partial charge in [-0.1, -0.05) is 23.2 Å². The Morgan fingerprint density at radius 2 is 1.61 bits per heavy atom. The molecule has 1 aromatic carbocycles. The molecule has 0 spiro atoms. The van der Waals surface area contributed by atoms with E-state index in [0.29, 0.717) is 16.1 Å². The lowest BCUT2D eigenvalue weighted by atomic mass is 10.3. The molecule has 0 saturated carbocycles. The molecule has 94 valence electrons. The summed E-state index contributed by atoms with van der Waals surface area (Å²) in [6, 6.07) is 4.89. The summed E-state index contributed by atoms with van der Waals surface area (Å²) in [7, 11) is 0. The molecule has 0 fully saturated rings. The van der Waals surface area contributed by atoms with Gasteiger partial charge >= 0.3 is 0 Å². The Morgan fingerprint density at radius 1 is 1.00 bits per heavy atom. The highest BCUT2D eigenvalue weighted by atomic mass is 35.5. The molecule has 7 heteroatoms. The van der Waals surface area contributed by atoms with Crippen molar-refractivity contribution in [1.29, 1.82) is 0 Å². The number of anilines is 1. The van der Waals surface area contributed by atoms with Crippen LogP contribution in [0.4, 0.5) is 14.6 Å². The summed E-state index contributed by atoms with van der Waals surface area (Å²) in [5, 5.41) is 0.626. The number of hydrogen-bond donors (Lipinski definition) is 1. The second kappa shape index (κ2) is 4.96. The van der Waals surface area contributed by atoms with E-state index in [1.807, 2.05) is 0 Å². The van der Waals surface area contributed by atoms with E-state index in [-0.39, 0.29) is 5.75 Å². The summed E-state index contributed by atoms with van der Waals surface area (Å²) < 4.78 is 31.4. The Morgan fingerprint density at radius 3 is 2.22 bits per heavy atom. The molecule has 1 aromatic heterocycles. The van der Waals surface area contributed by atoms with Crippen LogP contribution < -0.4 is 10.5 Å². The van der Waals surface area contributed by atoms with Crippen molar-refractivity contribution >= 4 is 29.0 Å². The number of halogens is 4. The summed E-state index contributed by atoms with van der Waals surface area (Å²) in [5.41, 5.74) is 5.22. The highest BCUT2D eigenvalue weighted by molar-refractivity contribution is 6.34. The maximum Gasteiger partial charge on any atom is 0.258 e. The van der Waals surface area contributed by atoms with E-state index in [4.69, 9.17) is 33.7 Å². The van der Waals surface area contributed by atoms with Crippen molar-refractivity contribution in [1.82, 2.24) is 4.98 Å². The molecule has 0 aliphatic carbocycles. The quantitative estimate of drug-likeness (QED) is 0.908. The summed E-state index contributed by atoms with van der Waals surface area (Å²) >= 11 is 11.5. The zero-order chi connectivity index (χ0) is 13.3. The molecule has 2 rings (SSSR count). The summed E-state index contributed by atoms with van der Waals surface area (Å²) in [6.45, 7) is 0. The van der Waals surface area contributed by atoms with Gasteiger partial charge in [-0.05, 0) is 18.2 Å². The van der Waals surface area contributed by atoms with Crippen molar-refractivity contribution in [3.05, 3.63) is 45.9 Å². The fourth-order valence-electron chi connectivity index (χ4n) is 1.23. The normalized spacial score (nSPS) is 10.4. The van der Waals surface area contributed by atoms with Crippen molar-refractivity contribution in [3.8, 4) is 11.6 Å². The van der Waals surface area contributed by atoms with Crippen LogP contribution in [0.1, 0.15) is 0 Å². The molecule has 0 amide bonds. The number of rotatable bonds is 2. The highest BCUT2D eigenvalue weighted by Gasteiger charge is 2.12. The average molecular weight is 291 g/mol. The van der Waals surface area contributed by atoms with Gasteiger partial charge < -0.3 is 10.5 Å². The van der Waals surface area contributed by atoms with E-state index in [9.17, 15) is 8.78 Å². The third-order valence-corrected chi connectivity index (χ3v) is 2.41. The van der Waals surface area contributed by atoms with E-state index >= 15 is 0 Å². The van der Waals surface area contributed by atoms with E-state index in [1.54, 1.807) is 0 Å². The fraction of sp³-hybridized carbons (Fsp3) is 0. The maximum absolute atomic E-state index is 13.4. The fourth-order valence-corrected chi connectivity index (χ4v) is 1.74. The molecule has 18 heavy (non-hydrogen) atoms. The van der Waals surface area contributed by atoms with Crippen molar-refractivity contribution in [2.75, 3.05) is 5.73 Å². The second-order valence-electron chi connectivity index (χ2n) is 3.35. The zero-order valence-corrected chi connectivity index (χ0v) is 10.3. The van der Waals surface area contributed by atoms with Gasteiger partial charge in [0.25, 0.3) is 5.88 Å². The van der Waals surface area contributed by atoms with Gasteiger partial charge in [-0.15, -0.1) is 0 Å². The number of ether oxygens (including phenoxy) is 1. The molecule has 2 aromatic rings. The van der Waals surface area contributed by atoms with Crippen LogP contribution in [0.5, 0.6) is 11.6 Å². The summed E-state index contributed by atoms with van der Waals surface area (Å²) in [4.78, 5) is 3.45. The van der Waals surface area contributed by atoms with Crippen LogP contribution in [-0.4, -0.2) is 4.98 Å². The minimum atomic E-state index is -0.974. The first-order chi connectivity index (χ1) is 8.45. The molecule has 1 heterocycles. The first-order valence-corrected chi connectivity index (χ1v) is 5.47. The van der Waals surface area contributed by atoms with Gasteiger partial charge in [-0.25, -0.2) is 8.78 Å². The average Bonchev–Trinajstić information content (AvgIpc) is 2.24. The molecule has 0 radical (unpaired) electrons. The van der Waals surface area contributed by atoms with Crippen molar-refractivity contribution in [2.45, 2.75) is 0 Å². The molecule has 2 N–H and O–H groups in total. The minimum absolute atomic E-state index is 0.171. The van der Waals surface area contributed by atoms with Gasteiger partial charge in [0, 0.05) is 16.1 Å². The van der Waals surface area contributed by atoms with Crippen LogP contribution in [0.2, 0.25) is 10.0 Å². The number of nitrogens with zero attached hydrogens (tertiary/aromatic N) is 1. The number of pyridine rings is 1. The molecule has 0 saturated heterocycles. The zero-order valence-electron chi connectivity index (χ0n) is 8.75. The Hall–Kier alpha value is -1.59. The predicted octanol–water partition coefficient (Wildman–Crippen LogP) is 4.04. The Labute approximate surface area is 111 Å². The topological polar surface area (TPSA) is 48.1 Å². The van der Waals surface area contributed by atoms with Gasteiger partial charge in [0.2, 0.25) is 0 Å². The molecule has 0 unspecified atom stereocenters. The summed E-state index contributed by atoms with van der Waals surface area (Å²) in [6.07, 6.45) is 0. The molecular weight excluding hydrogens is 285 g/mol. The highest BCUT2D eigenvalue weighted by Crippen LogP contribution is 2.29. The second-order valence-corrected chi connectivity index (χ2v) is 4.22. The first-order valence-electron chi connectivity index (χ1n) is 4.71. The van der Waals surface area contributed by atoms with E-state index in [0.717, 1.165) is 0 Å². The van der Waals surface area contributed by atoms with Crippen LogP contribution in [0, 0.1) is 11.6 Å². The number of aromatic nitrogens is 1. The number of nitrogen functional groups attached to an aromatic ring is 1. The number of hydrogen-bond acceptors (Lipinski definition) is 3. The lowest BCUT2D eigenvalue weighted by Gasteiger charge is -2.07. The van der Waals surface area contributed by atoms with Crippen molar-refractivity contribution in [3.63, 3.8) is 0 Å². The van der Waals surface area contributed by atoms with Crippen LogP contribution >= 0.6 is 23.2 Å². The Kier molecular flexibility index (Phi) is 3.54. The van der Waals surface area contributed by atoms with Gasteiger partial charge in [-0.2, -0.15) is 4.98 Å². The maximum atomic E-state index is 13.4. The van der Waals surface area contributed by atoms with E-state index in [1.165, 1.54) is 18.2 Å². The minimum Gasteiger partial charge on any atom is -0.436 e. The van der Waals surface area contributed by atoms with Gasteiger partial charge in [0.15, 0.2) is 17.5 Å². The molecule has 3 nitrogen and oxygen atoms in total. The lowest BCUT2D eigenvalue weighted by molar-refractivity contribution is 0.418. The van der Waals surface area contributed by atoms with Crippen LogP contribution in [-0.2, 0) is 0 Å². The van der Waals surface area contributed by atoms with Crippen molar-refractivity contribution < 1.29 is 13.5 Å². The molecule has 0 atom stereocenters. The smallest absolute Gasteiger partial charge is 0.258 e. The molecule has 0 aliphatic heterocycles. The van der Waals surface area contributed by atoms with Crippen molar-refractivity contribution in [2.24, 2.45) is 0 Å². The Balaban J connectivity index is 2.36. The standard InChI is InChI=1S/C11H6Cl2F2N2O/c12-5-1-6(13)3-7(2-5)18-11-9(15)4-8(14)10(16)17-11/h1-4H,(H2,16,17). The first kappa shape index (κ1) is 12.9. The molecule has 0 aliphatic rings. The molecule has 0 bridgehead atoms. The largest absolute Gasteiger partial charge is 0.436 e. The van der Waals surface area contributed by atoms with E-state index < -0.39 is 23.3 Å². The van der Waals surface area contributed by atoms with Gasteiger partial charge in [0.1, 0.15) is 5.75 Å².